The maximum atomic E-state index is 13.6. The second-order valence-corrected chi connectivity index (χ2v) is 4.82. The molecule has 0 aliphatic heterocycles. The van der Waals surface area contributed by atoms with E-state index in [2.05, 4.69) is 9.97 Å². The number of fused-ring (bicyclic) bond motifs is 1. The van der Waals surface area contributed by atoms with Crippen molar-refractivity contribution < 1.29 is 4.39 Å². The zero-order valence-electron chi connectivity index (χ0n) is 7.35. The smallest absolute Gasteiger partial charge is 0.164 e. The Balaban J connectivity index is 2.26. The highest BCUT2D eigenvalue weighted by Crippen LogP contribution is 2.39. The van der Waals surface area contributed by atoms with Gasteiger partial charge in [-0.3, -0.25) is 0 Å². The summed E-state index contributed by atoms with van der Waals surface area (Å²) in [4.78, 5) is 7.47. The molecule has 0 atom stereocenters. The van der Waals surface area contributed by atoms with Gasteiger partial charge in [0.1, 0.15) is 11.3 Å². The number of benzene rings is 1. The summed E-state index contributed by atoms with van der Waals surface area (Å²) in [6.07, 6.45) is 2.36. The summed E-state index contributed by atoms with van der Waals surface area (Å²) in [5, 5.41) is 0. The van der Waals surface area contributed by atoms with Gasteiger partial charge in [-0.2, -0.15) is 0 Å². The number of aromatic nitrogens is 2. The summed E-state index contributed by atoms with van der Waals surface area (Å²) in [7, 11) is 0. The van der Waals surface area contributed by atoms with Crippen LogP contribution in [0, 0.1) is 9.39 Å². The van der Waals surface area contributed by atoms with Crippen LogP contribution in [-0.2, 0) is 0 Å². The fraction of sp³-hybridized carbons (Fsp3) is 0.300. The zero-order valence-corrected chi connectivity index (χ0v) is 9.51. The van der Waals surface area contributed by atoms with Crippen LogP contribution in [0.1, 0.15) is 24.6 Å². The molecule has 4 heteroatoms. The Hall–Kier alpha value is -0.650. The van der Waals surface area contributed by atoms with E-state index in [0.29, 0.717) is 15.0 Å². The number of imidazole rings is 1. The highest BCUT2D eigenvalue weighted by molar-refractivity contribution is 14.1. The van der Waals surface area contributed by atoms with Crippen molar-refractivity contribution in [3.63, 3.8) is 0 Å². The molecular weight excluding hydrogens is 294 g/mol. The van der Waals surface area contributed by atoms with Crippen LogP contribution >= 0.6 is 22.6 Å². The minimum absolute atomic E-state index is 0.203. The van der Waals surface area contributed by atoms with Gasteiger partial charge >= 0.3 is 0 Å². The molecule has 0 spiro atoms. The lowest BCUT2D eigenvalue weighted by atomic mass is 10.3. The fourth-order valence-corrected chi connectivity index (χ4v) is 2.02. The van der Waals surface area contributed by atoms with Gasteiger partial charge in [-0.25, -0.2) is 9.37 Å². The first-order chi connectivity index (χ1) is 6.75. The second kappa shape index (κ2) is 2.92. The highest BCUT2D eigenvalue weighted by atomic mass is 127. The first-order valence-electron chi connectivity index (χ1n) is 4.59. The number of hydrogen-bond acceptors (Lipinski definition) is 1. The van der Waals surface area contributed by atoms with Gasteiger partial charge in [-0.1, -0.05) is 0 Å². The summed E-state index contributed by atoms with van der Waals surface area (Å²) >= 11 is 1.99. The van der Waals surface area contributed by atoms with Crippen LogP contribution in [0.4, 0.5) is 4.39 Å². The minimum atomic E-state index is -0.203. The summed E-state index contributed by atoms with van der Waals surface area (Å²) < 4.78 is 14.2. The monoisotopic (exact) mass is 302 g/mol. The quantitative estimate of drug-likeness (QED) is 0.805. The summed E-state index contributed by atoms with van der Waals surface area (Å²) in [5.41, 5.74) is 1.30. The molecule has 0 amide bonds. The maximum Gasteiger partial charge on any atom is 0.164 e. The average Bonchev–Trinajstić information content (AvgIpc) is 2.93. The molecule has 1 heterocycles. The van der Waals surface area contributed by atoms with Crippen LogP contribution < -0.4 is 0 Å². The summed E-state index contributed by atoms with van der Waals surface area (Å²) in [5.74, 6) is 1.28. The van der Waals surface area contributed by atoms with Crippen LogP contribution in [0.5, 0.6) is 0 Å². The number of aromatic amines is 1. The van der Waals surface area contributed by atoms with Crippen LogP contribution in [0.15, 0.2) is 12.1 Å². The highest BCUT2D eigenvalue weighted by Gasteiger charge is 2.27. The predicted octanol–water partition coefficient (Wildman–Crippen LogP) is 3.18. The second-order valence-electron chi connectivity index (χ2n) is 3.65. The number of nitrogens with zero attached hydrogens (tertiary/aromatic N) is 1. The molecule has 0 radical (unpaired) electrons. The molecule has 1 aliphatic rings. The third kappa shape index (κ3) is 1.24. The average molecular weight is 302 g/mol. The van der Waals surface area contributed by atoms with Crippen molar-refractivity contribution in [1.29, 1.82) is 0 Å². The predicted molar refractivity (Wildman–Crippen MR) is 60.7 cm³/mol. The molecule has 0 saturated heterocycles. The Morgan fingerprint density at radius 2 is 2.21 bits per heavy atom. The third-order valence-corrected chi connectivity index (χ3v) is 3.36. The van der Waals surface area contributed by atoms with E-state index < -0.39 is 0 Å². The molecule has 1 N–H and O–H groups in total. The van der Waals surface area contributed by atoms with Crippen LogP contribution in [0.3, 0.4) is 0 Å². The Morgan fingerprint density at radius 3 is 2.93 bits per heavy atom. The summed E-state index contributed by atoms with van der Waals surface area (Å²) in [6, 6.07) is 3.66. The van der Waals surface area contributed by atoms with Gasteiger partial charge < -0.3 is 4.98 Å². The molecule has 1 aromatic carbocycles. The largest absolute Gasteiger partial charge is 0.342 e. The van der Waals surface area contributed by atoms with Crippen LogP contribution in [0.2, 0.25) is 0 Å². The fourth-order valence-electron chi connectivity index (χ4n) is 1.59. The molecule has 1 saturated carbocycles. The van der Waals surface area contributed by atoms with Crippen molar-refractivity contribution in [1.82, 2.24) is 9.97 Å². The molecule has 72 valence electrons. The van der Waals surface area contributed by atoms with Gasteiger partial charge in [0, 0.05) is 5.92 Å². The first-order valence-corrected chi connectivity index (χ1v) is 5.67. The molecule has 3 rings (SSSR count). The van der Waals surface area contributed by atoms with Gasteiger partial charge in [0.25, 0.3) is 0 Å². The lowest BCUT2D eigenvalue weighted by Gasteiger charge is -1.92. The molecule has 1 aromatic heterocycles. The van der Waals surface area contributed by atoms with Gasteiger partial charge in [-0.05, 0) is 47.6 Å². The lowest BCUT2D eigenvalue weighted by molar-refractivity contribution is 0.629. The Labute approximate surface area is 94.1 Å². The maximum absolute atomic E-state index is 13.6. The number of halogens is 2. The van der Waals surface area contributed by atoms with Crippen molar-refractivity contribution in [3.8, 4) is 0 Å². The molecule has 0 unspecified atom stereocenters. The van der Waals surface area contributed by atoms with E-state index in [4.69, 9.17) is 0 Å². The number of rotatable bonds is 1. The molecule has 2 aromatic rings. The Bertz CT molecular complexity index is 502. The third-order valence-electron chi connectivity index (χ3n) is 2.53. The van der Waals surface area contributed by atoms with E-state index >= 15 is 0 Å². The lowest BCUT2D eigenvalue weighted by Crippen LogP contribution is -1.83. The SMILES string of the molecule is Fc1c(I)ccc2[nH]c(C3CC3)nc12. The van der Waals surface area contributed by atoms with E-state index in [1.165, 1.54) is 12.8 Å². The van der Waals surface area contributed by atoms with E-state index in [1.54, 1.807) is 6.07 Å². The molecule has 0 bridgehead atoms. The van der Waals surface area contributed by atoms with Gasteiger partial charge in [0.05, 0.1) is 9.09 Å². The Morgan fingerprint density at radius 1 is 1.43 bits per heavy atom. The van der Waals surface area contributed by atoms with Gasteiger partial charge in [0.15, 0.2) is 5.82 Å². The Kier molecular flexibility index (Phi) is 1.80. The molecule has 2 nitrogen and oxygen atoms in total. The van der Waals surface area contributed by atoms with Crippen molar-refractivity contribution in [2.75, 3.05) is 0 Å². The standard InChI is InChI=1S/C10H8FIN2/c11-8-6(12)3-4-7-9(8)14-10(13-7)5-1-2-5/h3-5H,1-2H2,(H,13,14). The van der Waals surface area contributed by atoms with Gasteiger partial charge in [0.2, 0.25) is 0 Å². The van der Waals surface area contributed by atoms with Crippen molar-refractivity contribution in [2.45, 2.75) is 18.8 Å². The number of hydrogen-bond donors (Lipinski definition) is 1. The van der Waals surface area contributed by atoms with Crippen LogP contribution in [-0.4, -0.2) is 9.97 Å². The van der Waals surface area contributed by atoms with E-state index in [9.17, 15) is 4.39 Å². The van der Waals surface area contributed by atoms with E-state index in [-0.39, 0.29) is 5.82 Å². The van der Waals surface area contributed by atoms with Crippen molar-refractivity contribution in [3.05, 3.63) is 27.3 Å². The van der Waals surface area contributed by atoms with Crippen molar-refractivity contribution >= 4 is 33.6 Å². The van der Waals surface area contributed by atoms with Gasteiger partial charge in [-0.15, -0.1) is 0 Å². The molecule has 1 fully saturated rings. The number of nitrogens with one attached hydrogen (secondary N) is 1. The zero-order chi connectivity index (χ0) is 9.71. The van der Waals surface area contributed by atoms with E-state index in [0.717, 1.165) is 11.3 Å². The van der Waals surface area contributed by atoms with E-state index in [1.807, 2.05) is 28.7 Å². The minimum Gasteiger partial charge on any atom is -0.342 e. The van der Waals surface area contributed by atoms with Crippen molar-refractivity contribution in [2.24, 2.45) is 0 Å². The molecule has 1 aliphatic carbocycles. The topological polar surface area (TPSA) is 28.7 Å². The molecular formula is C10H8FIN2. The molecule has 14 heavy (non-hydrogen) atoms. The number of H-pyrrole nitrogens is 1. The van der Waals surface area contributed by atoms with Crippen LogP contribution in [0.25, 0.3) is 11.0 Å². The normalized spacial score (nSPS) is 16.4. The first kappa shape index (κ1) is 8.64. The summed E-state index contributed by atoms with van der Waals surface area (Å²) in [6.45, 7) is 0.